The summed E-state index contributed by atoms with van der Waals surface area (Å²) in [6.07, 6.45) is 1.13. The van der Waals surface area contributed by atoms with Crippen LogP contribution in [0.5, 0.6) is 0 Å². The predicted octanol–water partition coefficient (Wildman–Crippen LogP) is 1.85. The molecular formula is C11H17NO. The number of nitrogens with two attached hydrogens (primary N) is 1. The lowest BCUT2D eigenvalue weighted by atomic mass is 10.0. The van der Waals surface area contributed by atoms with E-state index in [0.29, 0.717) is 6.42 Å². The summed E-state index contributed by atoms with van der Waals surface area (Å²) in [6, 6.07) is 9.73. The number of rotatable bonds is 4. The van der Waals surface area contributed by atoms with Gasteiger partial charge in [-0.2, -0.15) is 0 Å². The van der Waals surface area contributed by atoms with Crippen molar-refractivity contribution in [3.63, 3.8) is 0 Å². The van der Waals surface area contributed by atoms with E-state index in [-0.39, 0.29) is 6.04 Å². The van der Waals surface area contributed by atoms with Gasteiger partial charge in [-0.3, -0.25) is 0 Å². The second-order valence-corrected chi connectivity index (χ2v) is 3.33. The molecule has 1 rings (SSSR count). The van der Waals surface area contributed by atoms with E-state index in [1.54, 1.807) is 0 Å². The van der Waals surface area contributed by atoms with E-state index in [1.165, 1.54) is 0 Å². The Morgan fingerprint density at radius 1 is 1.31 bits per heavy atom. The smallest absolute Gasteiger partial charge is 0.0804 e. The van der Waals surface area contributed by atoms with E-state index in [1.807, 2.05) is 37.3 Å². The number of hydrogen-bond acceptors (Lipinski definition) is 2. The zero-order valence-electron chi connectivity index (χ0n) is 7.98. The van der Waals surface area contributed by atoms with E-state index in [0.717, 1.165) is 12.0 Å². The molecule has 72 valence electrons. The van der Waals surface area contributed by atoms with Gasteiger partial charge in [-0.1, -0.05) is 37.3 Å². The van der Waals surface area contributed by atoms with E-state index in [4.69, 9.17) is 5.73 Å². The molecule has 0 amide bonds. The quantitative estimate of drug-likeness (QED) is 0.741. The highest BCUT2D eigenvalue weighted by atomic mass is 16.3. The minimum atomic E-state index is -0.420. The van der Waals surface area contributed by atoms with Gasteiger partial charge in [0.05, 0.1) is 6.10 Å². The summed E-state index contributed by atoms with van der Waals surface area (Å²) in [5, 5.41) is 9.74. The highest BCUT2D eigenvalue weighted by Gasteiger charge is 2.10. The first-order valence-electron chi connectivity index (χ1n) is 4.72. The molecule has 0 saturated carbocycles. The van der Waals surface area contributed by atoms with Gasteiger partial charge in [-0.25, -0.2) is 0 Å². The molecule has 0 bridgehead atoms. The normalized spacial score (nSPS) is 15.3. The van der Waals surface area contributed by atoms with Crippen molar-refractivity contribution in [1.82, 2.24) is 0 Å². The summed E-state index contributed by atoms with van der Waals surface area (Å²) in [5.74, 6) is 0. The summed E-state index contributed by atoms with van der Waals surface area (Å²) < 4.78 is 0. The maximum absolute atomic E-state index is 9.74. The van der Waals surface area contributed by atoms with Crippen molar-refractivity contribution >= 4 is 0 Å². The third-order valence-corrected chi connectivity index (χ3v) is 2.23. The van der Waals surface area contributed by atoms with E-state index < -0.39 is 6.10 Å². The SMILES string of the molecule is CCC(N)CC(O)c1ccccc1. The summed E-state index contributed by atoms with van der Waals surface area (Å²) in [4.78, 5) is 0. The van der Waals surface area contributed by atoms with Crippen molar-refractivity contribution in [2.24, 2.45) is 5.73 Å². The van der Waals surface area contributed by atoms with Gasteiger partial charge in [0.1, 0.15) is 0 Å². The maximum atomic E-state index is 9.74. The molecule has 0 aliphatic heterocycles. The lowest BCUT2D eigenvalue weighted by Crippen LogP contribution is -2.21. The molecule has 13 heavy (non-hydrogen) atoms. The van der Waals surface area contributed by atoms with Gasteiger partial charge in [0.2, 0.25) is 0 Å². The molecule has 2 heteroatoms. The topological polar surface area (TPSA) is 46.2 Å². The molecule has 0 fully saturated rings. The van der Waals surface area contributed by atoms with Crippen LogP contribution < -0.4 is 5.73 Å². The Labute approximate surface area is 79.4 Å². The Morgan fingerprint density at radius 2 is 1.92 bits per heavy atom. The molecule has 0 aliphatic rings. The Kier molecular flexibility index (Phi) is 3.93. The van der Waals surface area contributed by atoms with E-state index >= 15 is 0 Å². The predicted molar refractivity (Wildman–Crippen MR) is 54.3 cm³/mol. The third-order valence-electron chi connectivity index (χ3n) is 2.23. The maximum Gasteiger partial charge on any atom is 0.0804 e. The molecule has 1 aromatic rings. The van der Waals surface area contributed by atoms with Crippen LogP contribution in [0.25, 0.3) is 0 Å². The van der Waals surface area contributed by atoms with E-state index in [9.17, 15) is 5.11 Å². The molecule has 0 heterocycles. The van der Waals surface area contributed by atoms with Gasteiger partial charge in [-0.05, 0) is 18.4 Å². The molecule has 0 saturated heterocycles. The fraction of sp³-hybridized carbons (Fsp3) is 0.455. The Bertz CT molecular complexity index is 235. The van der Waals surface area contributed by atoms with Crippen LogP contribution in [-0.4, -0.2) is 11.1 Å². The fourth-order valence-corrected chi connectivity index (χ4v) is 1.26. The van der Waals surface area contributed by atoms with Crippen molar-refractivity contribution in [1.29, 1.82) is 0 Å². The molecule has 1 aromatic carbocycles. The molecule has 2 atom stereocenters. The standard InChI is InChI=1S/C11H17NO/c1-2-10(12)8-11(13)9-6-4-3-5-7-9/h3-7,10-11,13H,2,8,12H2,1H3. The first kappa shape index (κ1) is 10.2. The summed E-state index contributed by atoms with van der Waals surface area (Å²) in [5.41, 5.74) is 6.70. The van der Waals surface area contributed by atoms with Crippen LogP contribution in [0.4, 0.5) is 0 Å². The largest absolute Gasteiger partial charge is 0.388 e. The Morgan fingerprint density at radius 3 is 2.46 bits per heavy atom. The van der Waals surface area contributed by atoms with Crippen molar-refractivity contribution in [2.75, 3.05) is 0 Å². The minimum Gasteiger partial charge on any atom is -0.388 e. The monoisotopic (exact) mass is 179 g/mol. The second kappa shape index (κ2) is 5.00. The van der Waals surface area contributed by atoms with E-state index in [2.05, 4.69) is 0 Å². The Hall–Kier alpha value is -0.860. The van der Waals surface area contributed by atoms with Crippen LogP contribution in [0.3, 0.4) is 0 Å². The van der Waals surface area contributed by atoms with Crippen LogP contribution in [0.2, 0.25) is 0 Å². The molecule has 0 radical (unpaired) electrons. The Balaban J connectivity index is 2.53. The lowest BCUT2D eigenvalue weighted by molar-refractivity contribution is 0.157. The zero-order chi connectivity index (χ0) is 9.68. The number of hydrogen-bond donors (Lipinski definition) is 2. The highest BCUT2D eigenvalue weighted by Crippen LogP contribution is 2.17. The van der Waals surface area contributed by atoms with Gasteiger partial charge < -0.3 is 10.8 Å². The molecule has 3 N–H and O–H groups in total. The second-order valence-electron chi connectivity index (χ2n) is 3.33. The molecule has 0 aromatic heterocycles. The van der Waals surface area contributed by atoms with Crippen molar-refractivity contribution in [2.45, 2.75) is 31.9 Å². The van der Waals surface area contributed by atoms with Crippen LogP contribution in [0, 0.1) is 0 Å². The van der Waals surface area contributed by atoms with Crippen molar-refractivity contribution < 1.29 is 5.11 Å². The van der Waals surface area contributed by atoms with Crippen LogP contribution in [-0.2, 0) is 0 Å². The zero-order valence-corrected chi connectivity index (χ0v) is 7.98. The average molecular weight is 179 g/mol. The minimum absolute atomic E-state index is 0.0928. The van der Waals surface area contributed by atoms with Crippen molar-refractivity contribution in [3.8, 4) is 0 Å². The van der Waals surface area contributed by atoms with Gasteiger partial charge in [0.25, 0.3) is 0 Å². The molecule has 0 spiro atoms. The first-order valence-corrected chi connectivity index (χ1v) is 4.72. The first-order chi connectivity index (χ1) is 6.24. The fourth-order valence-electron chi connectivity index (χ4n) is 1.26. The summed E-state index contributed by atoms with van der Waals surface area (Å²) >= 11 is 0. The molecule has 0 aliphatic carbocycles. The summed E-state index contributed by atoms with van der Waals surface area (Å²) in [6.45, 7) is 2.03. The van der Waals surface area contributed by atoms with Gasteiger partial charge in [0.15, 0.2) is 0 Å². The van der Waals surface area contributed by atoms with Gasteiger partial charge >= 0.3 is 0 Å². The van der Waals surface area contributed by atoms with Gasteiger partial charge in [0, 0.05) is 6.04 Å². The summed E-state index contributed by atoms with van der Waals surface area (Å²) in [7, 11) is 0. The number of aliphatic hydroxyl groups excluding tert-OH is 1. The average Bonchev–Trinajstić information content (AvgIpc) is 2.19. The van der Waals surface area contributed by atoms with Crippen LogP contribution >= 0.6 is 0 Å². The van der Waals surface area contributed by atoms with Gasteiger partial charge in [-0.15, -0.1) is 0 Å². The van der Waals surface area contributed by atoms with Crippen molar-refractivity contribution in [3.05, 3.63) is 35.9 Å². The number of benzene rings is 1. The number of aliphatic hydroxyl groups is 1. The molecular weight excluding hydrogens is 162 g/mol. The van der Waals surface area contributed by atoms with Crippen LogP contribution in [0.1, 0.15) is 31.4 Å². The lowest BCUT2D eigenvalue weighted by Gasteiger charge is -2.14. The third kappa shape index (κ3) is 3.17. The van der Waals surface area contributed by atoms with Crippen LogP contribution in [0.15, 0.2) is 30.3 Å². The molecule has 2 unspecified atom stereocenters. The molecule has 2 nitrogen and oxygen atoms in total. The highest BCUT2D eigenvalue weighted by molar-refractivity contribution is 5.17.